The van der Waals surface area contributed by atoms with E-state index in [0.717, 1.165) is 6.04 Å². The van der Waals surface area contributed by atoms with Crippen molar-refractivity contribution >= 4 is 0 Å². The smallest absolute Gasteiger partial charge is 0.0278 e. The van der Waals surface area contributed by atoms with E-state index in [0.29, 0.717) is 0 Å². The maximum Gasteiger partial charge on any atom is 0.0278 e. The van der Waals surface area contributed by atoms with Crippen molar-refractivity contribution in [2.45, 2.75) is 38.1 Å². The molecule has 0 aromatic carbocycles. The van der Waals surface area contributed by atoms with Crippen molar-refractivity contribution in [2.75, 3.05) is 13.1 Å². The number of hydrogen-bond acceptors (Lipinski definition) is 1. The second-order valence-electron chi connectivity index (χ2n) is 3.67. The van der Waals surface area contributed by atoms with Gasteiger partial charge in [0.15, 0.2) is 0 Å². The van der Waals surface area contributed by atoms with Crippen LogP contribution in [0.4, 0.5) is 0 Å². The second kappa shape index (κ2) is 3.40. The first kappa shape index (κ1) is 7.35. The van der Waals surface area contributed by atoms with E-state index in [1.807, 2.05) is 0 Å². The molecule has 1 saturated heterocycles. The summed E-state index contributed by atoms with van der Waals surface area (Å²) in [6, 6.07) is 0.797. The van der Waals surface area contributed by atoms with Crippen LogP contribution in [-0.4, -0.2) is 24.0 Å². The van der Waals surface area contributed by atoms with Crippen molar-refractivity contribution in [3.63, 3.8) is 0 Å². The molecule has 0 aromatic heterocycles. The van der Waals surface area contributed by atoms with Crippen LogP contribution < -0.4 is 0 Å². The Hall–Kier alpha value is -0.300. The van der Waals surface area contributed by atoms with Gasteiger partial charge in [-0.1, -0.05) is 12.2 Å². The van der Waals surface area contributed by atoms with E-state index in [-0.39, 0.29) is 0 Å². The Kier molecular flexibility index (Phi) is 2.27. The fourth-order valence-electron chi connectivity index (χ4n) is 2.17. The summed E-state index contributed by atoms with van der Waals surface area (Å²) in [4.78, 5) is 2.63. The molecule has 1 fully saturated rings. The molecule has 1 nitrogen and oxygen atoms in total. The minimum Gasteiger partial charge on any atom is -0.297 e. The van der Waals surface area contributed by atoms with Gasteiger partial charge >= 0.3 is 0 Å². The Morgan fingerprint density at radius 2 is 1.91 bits per heavy atom. The zero-order chi connectivity index (χ0) is 7.52. The molecule has 0 bridgehead atoms. The summed E-state index contributed by atoms with van der Waals surface area (Å²) in [5.41, 5.74) is 0. The van der Waals surface area contributed by atoms with E-state index >= 15 is 0 Å². The van der Waals surface area contributed by atoms with Gasteiger partial charge in [-0.2, -0.15) is 0 Å². The van der Waals surface area contributed by atoms with Gasteiger partial charge in [0.2, 0.25) is 0 Å². The van der Waals surface area contributed by atoms with Crippen molar-refractivity contribution in [3.05, 3.63) is 12.2 Å². The van der Waals surface area contributed by atoms with Crippen molar-refractivity contribution < 1.29 is 0 Å². The van der Waals surface area contributed by atoms with Crippen LogP contribution >= 0.6 is 0 Å². The molecule has 2 rings (SSSR count). The van der Waals surface area contributed by atoms with E-state index in [1.165, 1.54) is 45.2 Å². The monoisotopic (exact) mass is 151 g/mol. The van der Waals surface area contributed by atoms with Gasteiger partial charge in [-0.15, -0.1) is 0 Å². The summed E-state index contributed by atoms with van der Waals surface area (Å²) in [5.74, 6) is 0. The number of nitrogens with zero attached hydrogens (tertiary/aromatic N) is 1. The third-order valence-corrected chi connectivity index (χ3v) is 2.84. The van der Waals surface area contributed by atoms with Crippen LogP contribution in [0.5, 0.6) is 0 Å². The molecule has 1 heteroatoms. The summed E-state index contributed by atoms with van der Waals surface area (Å²) in [7, 11) is 0. The highest BCUT2D eigenvalue weighted by Gasteiger charge is 2.20. The molecule has 2 aliphatic rings. The Morgan fingerprint density at radius 3 is 2.55 bits per heavy atom. The summed E-state index contributed by atoms with van der Waals surface area (Å²) in [6.07, 6.45) is 11.7. The largest absolute Gasteiger partial charge is 0.297 e. The lowest BCUT2D eigenvalue weighted by Crippen LogP contribution is -2.31. The zero-order valence-corrected chi connectivity index (χ0v) is 7.13. The first-order valence-corrected chi connectivity index (χ1v) is 4.87. The number of allylic oxidation sites excluding steroid dienone is 1. The lowest BCUT2D eigenvalue weighted by molar-refractivity contribution is 0.263. The van der Waals surface area contributed by atoms with E-state index in [2.05, 4.69) is 17.1 Å². The molecule has 0 amide bonds. The van der Waals surface area contributed by atoms with Crippen molar-refractivity contribution in [1.29, 1.82) is 0 Å². The standard InChI is InChI=1S/C10H17N/c1-2-6-10(7-3-1)11-8-4-5-9-11/h2,6,10H,1,3-5,7-9H2. The average Bonchev–Trinajstić information content (AvgIpc) is 2.58. The predicted molar refractivity (Wildman–Crippen MR) is 47.6 cm³/mol. The first-order valence-electron chi connectivity index (χ1n) is 4.87. The van der Waals surface area contributed by atoms with E-state index in [4.69, 9.17) is 0 Å². The SMILES string of the molecule is C1=CC(N2CCCC2)CCC1. The maximum atomic E-state index is 2.63. The van der Waals surface area contributed by atoms with Crippen LogP contribution in [0.3, 0.4) is 0 Å². The van der Waals surface area contributed by atoms with Crippen molar-refractivity contribution in [3.8, 4) is 0 Å². The molecule has 1 aliphatic heterocycles. The van der Waals surface area contributed by atoms with E-state index in [1.54, 1.807) is 0 Å². The highest BCUT2D eigenvalue weighted by Crippen LogP contribution is 2.20. The molecule has 11 heavy (non-hydrogen) atoms. The summed E-state index contributed by atoms with van der Waals surface area (Å²) in [6.45, 7) is 2.68. The molecule has 0 spiro atoms. The van der Waals surface area contributed by atoms with Crippen LogP contribution in [0.25, 0.3) is 0 Å². The minimum atomic E-state index is 0.797. The maximum absolute atomic E-state index is 2.63. The third-order valence-electron chi connectivity index (χ3n) is 2.84. The molecule has 0 aromatic rings. The number of hydrogen-bond donors (Lipinski definition) is 0. The second-order valence-corrected chi connectivity index (χ2v) is 3.67. The predicted octanol–water partition coefficient (Wildman–Crippen LogP) is 2.19. The van der Waals surface area contributed by atoms with Gasteiger partial charge in [0.1, 0.15) is 0 Å². The van der Waals surface area contributed by atoms with Crippen LogP contribution in [0.15, 0.2) is 12.2 Å². The number of likely N-dealkylation sites (tertiary alicyclic amines) is 1. The van der Waals surface area contributed by atoms with E-state index in [9.17, 15) is 0 Å². The van der Waals surface area contributed by atoms with Crippen LogP contribution in [-0.2, 0) is 0 Å². The average molecular weight is 151 g/mol. The normalized spacial score (nSPS) is 32.9. The molecule has 62 valence electrons. The topological polar surface area (TPSA) is 3.24 Å². The first-order chi connectivity index (χ1) is 5.47. The summed E-state index contributed by atoms with van der Waals surface area (Å²) in [5, 5.41) is 0. The molecule has 1 unspecified atom stereocenters. The molecular formula is C10H17N. The van der Waals surface area contributed by atoms with Crippen LogP contribution in [0.1, 0.15) is 32.1 Å². The van der Waals surface area contributed by atoms with Gasteiger partial charge in [0, 0.05) is 6.04 Å². The highest BCUT2D eigenvalue weighted by molar-refractivity contribution is 4.99. The molecule has 0 saturated carbocycles. The van der Waals surface area contributed by atoms with Gasteiger partial charge < -0.3 is 0 Å². The molecule has 0 radical (unpaired) electrons. The van der Waals surface area contributed by atoms with Gasteiger partial charge in [-0.3, -0.25) is 4.90 Å². The van der Waals surface area contributed by atoms with Gasteiger partial charge in [-0.25, -0.2) is 0 Å². The van der Waals surface area contributed by atoms with Crippen LogP contribution in [0, 0.1) is 0 Å². The molecule has 1 atom stereocenters. The van der Waals surface area contributed by atoms with Gasteiger partial charge in [-0.05, 0) is 45.2 Å². The Morgan fingerprint density at radius 1 is 1.09 bits per heavy atom. The Balaban J connectivity index is 1.91. The third kappa shape index (κ3) is 1.64. The van der Waals surface area contributed by atoms with Gasteiger partial charge in [0.25, 0.3) is 0 Å². The molecular weight excluding hydrogens is 134 g/mol. The zero-order valence-electron chi connectivity index (χ0n) is 7.13. The van der Waals surface area contributed by atoms with Gasteiger partial charge in [0.05, 0.1) is 0 Å². The molecule has 1 aliphatic carbocycles. The minimum absolute atomic E-state index is 0.797. The fourth-order valence-corrected chi connectivity index (χ4v) is 2.17. The van der Waals surface area contributed by atoms with Crippen LogP contribution in [0.2, 0.25) is 0 Å². The Labute approximate surface area is 69.1 Å². The highest BCUT2D eigenvalue weighted by atomic mass is 15.2. The molecule has 1 heterocycles. The van der Waals surface area contributed by atoms with Crippen molar-refractivity contribution in [1.82, 2.24) is 4.90 Å². The quantitative estimate of drug-likeness (QED) is 0.519. The summed E-state index contributed by atoms with van der Waals surface area (Å²) < 4.78 is 0. The Bertz CT molecular complexity index is 145. The molecule has 0 N–H and O–H groups in total. The lowest BCUT2D eigenvalue weighted by atomic mass is 10.0. The lowest BCUT2D eigenvalue weighted by Gasteiger charge is -2.26. The summed E-state index contributed by atoms with van der Waals surface area (Å²) >= 11 is 0. The fraction of sp³-hybridized carbons (Fsp3) is 0.800. The van der Waals surface area contributed by atoms with Crippen molar-refractivity contribution in [2.24, 2.45) is 0 Å². The number of rotatable bonds is 1. The van der Waals surface area contributed by atoms with E-state index < -0.39 is 0 Å².